The highest BCUT2D eigenvalue weighted by molar-refractivity contribution is 5.95. The Hall–Kier alpha value is -1.89. The molecule has 21 heavy (non-hydrogen) atoms. The van der Waals surface area contributed by atoms with Crippen LogP contribution in [-0.4, -0.2) is 58.1 Å². The molecule has 0 radical (unpaired) electrons. The highest BCUT2D eigenvalue weighted by Crippen LogP contribution is 2.19. The summed E-state index contributed by atoms with van der Waals surface area (Å²) in [5, 5.41) is 20.0. The monoisotopic (exact) mass is 298 g/mol. The van der Waals surface area contributed by atoms with E-state index in [1.54, 1.807) is 6.92 Å². The summed E-state index contributed by atoms with van der Waals surface area (Å²) in [5.41, 5.74) is 0.396. The summed E-state index contributed by atoms with van der Waals surface area (Å²) in [6, 6.07) is -0.917. The summed E-state index contributed by atoms with van der Waals surface area (Å²) < 4.78 is 0. The van der Waals surface area contributed by atoms with Gasteiger partial charge in [-0.1, -0.05) is 6.58 Å². The molecule has 2 heterocycles. The molecule has 0 aromatic carbocycles. The second-order valence-corrected chi connectivity index (χ2v) is 5.26. The number of likely N-dealkylation sites (tertiary alicyclic amines) is 1. The van der Waals surface area contributed by atoms with Crippen LogP contribution in [0.5, 0.6) is 0 Å². The quantitative estimate of drug-likeness (QED) is 0.654. The van der Waals surface area contributed by atoms with Gasteiger partial charge in [0.25, 0.3) is 0 Å². The molecule has 0 unspecified atom stereocenters. The molecule has 2 atom stereocenters. The molecule has 0 aromatic rings. The molecule has 118 valence electrons. The summed E-state index contributed by atoms with van der Waals surface area (Å²) in [7, 11) is 0. The maximum absolute atomic E-state index is 11.4. The fourth-order valence-corrected chi connectivity index (χ4v) is 2.41. The second-order valence-electron chi connectivity index (χ2n) is 5.26. The number of carbonyl (C=O) groups is 3. The van der Waals surface area contributed by atoms with Crippen LogP contribution < -0.4 is 5.32 Å². The first-order valence-corrected chi connectivity index (χ1v) is 7.00. The molecule has 2 aliphatic heterocycles. The normalized spacial score (nSPS) is 24.1. The van der Waals surface area contributed by atoms with E-state index in [1.807, 2.05) is 0 Å². The van der Waals surface area contributed by atoms with E-state index in [9.17, 15) is 14.4 Å². The van der Waals surface area contributed by atoms with Crippen LogP contribution in [0.4, 0.5) is 0 Å². The van der Waals surface area contributed by atoms with Crippen molar-refractivity contribution in [1.29, 1.82) is 0 Å². The van der Waals surface area contributed by atoms with Crippen LogP contribution >= 0.6 is 0 Å². The van der Waals surface area contributed by atoms with Crippen molar-refractivity contribution in [2.45, 2.75) is 44.7 Å². The van der Waals surface area contributed by atoms with Crippen LogP contribution in [0, 0.1) is 0 Å². The fraction of sp³-hybridized carbons (Fsp3) is 0.643. The molecule has 2 aliphatic rings. The van der Waals surface area contributed by atoms with E-state index in [-0.39, 0.29) is 11.9 Å². The Morgan fingerprint density at radius 1 is 1.14 bits per heavy atom. The number of aliphatic carboxylic acids is 2. The van der Waals surface area contributed by atoms with Gasteiger partial charge in [-0.3, -0.25) is 9.59 Å². The average molecular weight is 298 g/mol. The van der Waals surface area contributed by atoms with Gasteiger partial charge in [-0.05, 0) is 39.2 Å². The average Bonchev–Trinajstić information content (AvgIpc) is 3.09. The highest BCUT2D eigenvalue weighted by Gasteiger charge is 2.33. The molecule has 2 rings (SSSR count). The first-order chi connectivity index (χ1) is 9.84. The zero-order valence-corrected chi connectivity index (χ0v) is 12.2. The van der Waals surface area contributed by atoms with Crippen molar-refractivity contribution >= 4 is 17.8 Å². The Balaban J connectivity index is 0.000000235. The van der Waals surface area contributed by atoms with Gasteiger partial charge < -0.3 is 20.4 Å². The first kappa shape index (κ1) is 17.2. The third kappa shape index (κ3) is 4.86. The summed E-state index contributed by atoms with van der Waals surface area (Å²) in [6.45, 7) is 6.49. The van der Waals surface area contributed by atoms with Gasteiger partial charge in [0.15, 0.2) is 0 Å². The van der Waals surface area contributed by atoms with Crippen molar-refractivity contribution in [3.63, 3.8) is 0 Å². The van der Waals surface area contributed by atoms with E-state index in [4.69, 9.17) is 10.2 Å². The molecular formula is C14H22N2O5. The number of carboxylic acids is 2. The third-order valence-electron chi connectivity index (χ3n) is 3.52. The zero-order chi connectivity index (χ0) is 16.0. The minimum atomic E-state index is -0.924. The smallest absolute Gasteiger partial charge is 0.326 e. The van der Waals surface area contributed by atoms with Crippen LogP contribution in [0.2, 0.25) is 0 Å². The summed E-state index contributed by atoms with van der Waals surface area (Å²) in [4.78, 5) is 33.7. The number of rotatable bonds is 3. The van der Waals surface area contributed by atoms with Crippen LogP contribution in [0.1, 0.15) is 32.6 Å². The topological polar surface area (TPSA) is 107 Å². The minimum absolute atomic E-state index is 0.245. The summed E-state index contributed by atoms with van der Waals surface area (Å²) in [5.74, 6) is -1.89. The maximum Gasteiger partial charge on any atom is 0.326 e. The molecule has 0 bridgehead atoms. The van der Waals surface area contributed by atoms with Crippen molar-refractivity contribution in [2.75, 3.05) is 13.1 Å². The van der Waals surface area contributed by atoms with E-state index in [0.717, 1.165) is 25.8 Å². The molecule has 0 aliphatic carbocycles. The lowest BCUT2D eigenvalue weighted by atomic mass is 10.2. The molecular weight excluding hydrogens is 276 g/mol. The van der Waals surface area contributed by atoms with Crippen LogP contribution in [0.3, 0.4) is 0 Å². The van der Waals surface area contributed by atoms with Crippen LogP contribution in [-0.2, 0) is 14.4 Å². The highest BCUT2D eigenvalue weighted by atomic mass is 16.4. The number of nitrogens with zero attached hydrogens (tertiary/aromatic N) is 1. The Morgan fingerprint density at radius 2 is 1.81 bits per heavy atom. The SMILES string of the molecule is C=C(C)C(=O)N1CCC[C@@H]1C(=O)O.O=C(O)[C@H]1CCCN1. The number of hydrogen-bond acceptors (Lipinski definition) is 4. The van der Waals surface area contributed by atoms with Gasteiger partial charge in [0, 0.05) is 12.1 Å². The van der Waals surface area contributed by atoms with Crippen LogP contribution in [0.25, 0.3) is 0 Å². The van der Waals surface area contributed by atoms with Crippen molar-refractivity contribution in [1.82, 2.24) is 10.2 Å². The van der Waals surface area contributed by atoms with Gasteiger partial charge in [0.2, 0.25) is 5.91 Å². The zero-order valence-electron chi connectivity index (χ0n) is 12.2. The lowest BCUT2D eigenvalue weighted by molar-refractivity contribution is -0.146. The first-order valence-electron chi connectivity index (χ1n) is 7.00. The largest absolute Gasteiger partial charge is 0.480 e. The van der Waals surface area contributed by atoms with E-state index >= 15 is 0 Å². The molecule has 2 fully saturated rings. The van der Waals surface area contributed by atoms with Gasteiger partial charge in [0.05, 0.1) is 0 Å². The van der Waals surface area contributed by atoms with Crippen molar-refractivity contribution in [3.05, 3.63) is 12.2 Å². The van der Waals surface area contributed by atoms with Gasteiger partial charge in [-0.25, -0.2) is 4.79 Å². The molecule has 0 saturated carbocycles. The summed E-state index contributed by atoms with van der Waals surface area (Å²) >= 11 is 0. The van der Waals surface area contributed by atoms with E-state index in [2.05, 4.69) is 11.9 Å². The van der Waals surface area contributed by atoms with Crippen molar-refractivity contribution in [2.24, 2.45) is 0 Å². The minimum Gasteiger partial charge on any atom is -0.480 e. The molecule has 3 N–H and O–H groups in total. The molecule has 7 nitrogen and oxygen atoms in total. The predicted molar refractivity (Wildman–Crippen MR) is 75.8 cm³/mol. The lowest BCUT2D eigenvalue weighted by Crippen LogP contribution is -2.40. The van der Waals surface area contributed by atoms with Crippen molar-refractivity contribution < 1.29 is 24.6 Å². The Bertz CT molecular complexity index is 429. The van der Waals surface area contributed by atoms with E-state index in [1.165, 1.54) is 4.90 Å². The Labute approximate surface area is 123 Å². The van der Waals surface area contributed by atoms with Gasteiger partial charge >= 0.3 is 11.9 Å². The molecule has 7 heteroatoms. The Morgan fingerprint density at radius 3 is 2.19 bits per heavy atom. The van der Waals surface area contributed by atoms with Gasteiger partial charge in [-0.2, -0.15) is 0 Å². The maximum atomic E-state index is 11.4. The Kier molecular flexibility index (Phi) is 6.36. The number of carboxylic acid groups (broad SMARTS) is 2. The summed E-state index contributed by atoms with van der Waals surface area (Å²) in [6.07, 6.45) is 3.09. The number of hydrogen-bond donors (Lipinski definition) is 3. The van der Waals surface area contributed by atoms with Crippen molar-refractivity contribution in [3.8, 4) is 0 Å². The predicted octanol–water partition coefficient (Wildman–Crippen LogP) is 0.461. The molecule has 0 spiro atoms. The fourth-order valence-electron chi connectivity index (χ4n) is 2.41. The second kappa shape index (κ2) is 7.78. The van der Waals surface area contributed by atoms with E-state index in [0.29, 0.717) is 18.5 Å². The van der Waals surface area contributed by atoms with Crippen LogP contribution in [0.15, 0.2) is 12.2 Å². The van der Waals surface area contributed by atoms with Gasteiger partial charge in [-0.15, -0.1) is 0 Å². The molecule has 2 saturated heterocycles. The molecule has 1 amide bonds. The lowest BCUT2D eigenvalue weighted by Gasteiger charge is -2.21. The third-order valence-corrected chi connectivity index (χ3v) is 3.52. The number of carbonyl (C=O) groups excluding carboxylic acids is 1. The number of nitrogens with one attached hydrogen (secondary N) is 1. The number of amides is 1. The van der Waals surface area contributed by atoms with E-state index < -0.39 is 18.0 Å². The molecule has 0 aromatic heterocycles. The standard InChI is InChI=1S/C9H13NO3.C5H9NO2/c1-6(2)8(11)10-5-3-4-7(10)9(12)13;7-5(8)4-2-1-3-6-4/h7H,1,3-5H2,2H3,(H,12,13);4,6H,1-3H2,(H,7,8)/t7-;4-/m11/s1. The van der Waals surface area contributed by atoms with Gasteiger partial charge in [0.1, 0.15) is 12.1 Å².